The van der Waals surface area contributed by atoms with E-state index in [1.54, 1.807) is 24.3 Å². The number of hydrogen-bond acceptors (Lipinski definition) is 4. The van der Waals surface area contributed by atoms with Crippen LogP contribution in [0.5, 0.6) is 0 Å². The van der Waals surface area contributed by atoms with Gasteiger partial charge in [-0.1, -0.05) is 39.7 Å². The van der Waals surface area contributed by atoms with E-state index in [1.165, 1.54) is 4.90 Å². The Bertz CT molecular complexity index is 1150. The van der Waals surface area contributed by atoms with E-state index < -0.39 is 17.4 Å². The Kier molecular flexibility index (Phi) is 3.80. The second-order valence-electron chi connectivity index (χ2n) is 8.28. The Hall–Kier alpha value is -2.22. The molecule has 1 spiro atoms. The number of amides is 3. The van der Waals surface area contributed by atoms with Crippen LogP contribution < -0.4 is 10.2 Å². The third-order valence-electron chi connectivity index (χ3n) is 7.05. The zero-order valence-electron chi connectivity index (χ0n) is 15.8. The molecule has 3 amide bonds. The summed E-state index contributed by atoms with van der Waals surface area (Å²) in [6.07, 6.45) is 1.68. The number of carbonyl (C=O) groups is 3. The number of nitrogens with one attached hydrogen (secondary N) is 1. The van der Waals surface area contributed by atoms with Gasteiger partial charge < -0.3 is 5.32 Å². The van der Waals surface area contributed by atoms with Crippen LogP contribution in [-0.2, 0) is 19.9 Å². The first-order valence-corrected chi connectivity index (χ1v) is 11.1. The Morgan fingerprint density at radius 2 is 1.90 bits per heavy atom. The van der Waals surface area contributed by atoms with Gasteiger partial charge in [0.25, 0.3) is 0 Å². The fourth-order valence-corrected chi connectivity index (χ4v) is 6.63. The lowest BCUT2D eigenvalue weighted by atomic mass is 9.75. The maximum absolute atomic E-state index is 13.8. The van der Waals surface area contributed by atoms with Crippen LogP contribution in [0.15, 0.2) is 46.9 Å². The summed E-state index contributed by atoms with van der Waals surface area (Å²) < 4.78 is 0.830. The molecule has 0 aliphatic carbocycles. The minimum Gasteiger partial charge on any atom is -0.324 e. The zero-order chi connectivity index (χ0) is 20.8. The van der Waals surface area contributed by atoms with E-state index >= 15 is 0 Å². The standard InChI is InChI=1S/C22H17BrClN3O3/c23-11-7-8-14-12(10-11)22(21(30)25-14)18-17(16-6-3-9-26(16)22)19(28)27(20(18)29)15-5-2-1-4-13(15)24/h1-2,4-5,7-8,10,16-18H,3,6,9H2,(H,25,30)/t16-,17+,18-,22-/m0/s1. The molecule has 8 heteroatoms. The van der Waals surface area contributed by atoms with Crippen LogP contribution in [0.3, 0.4) is 0 Å². The van der Waals surface area contributed by atoms with Gasteiger partial charge >= 0.3 is 0 Å². The van der Waals surface area contributed by atoms with Crippen molar-refractivity contribution >= 4 is 56.6 Å². The summed E-state index contributed by atoms with van der Waals surface area (Å²) in [5.74, 6) is -2.18. The molecule has 6 rings (SSSR count). The maximum Gasteiger partial charge on any atom is 0.250 e. The van der Waals surface area contributed by atoms with Gasteiger partial charge in [0.05, 0.1) is 22.5 Å². The number of nitrogens with zero attached hydrogens (tertiary/aromatic N) is 2. The van der Waals surface area contributed by atoms with Crippen LogP contribution in [0.4, 0.5) is 11.4 Å². The minimum absolute atomic E-state index is 0.144. The Balaban J connectivity index is 1.58. The van der Waals surface area contributed by atoms with E-state index in [2.05, 4.69) is 26.1 Å². The fourth-order valence-electron chi connectivity index (χ4n) is 6.05. The highest BCUT2D eigenvalue weighted by atomic mass is 79.9. The molecular weight excluding hydrogens is 470 g/mol. The molecule has 0 radical (unpaired) electrons. The molecule has 30 heavy (non-hydrogen) atoms. The Labute approximate surface area is 186 Å². The Morgan fingerprint density at radius 1 is 1.10 bits per heavy atom. The van der Waals surface area contributed by atoms with Gasteiger partial charge in [0.15, 0.2) is 0 Å². The second kappa shape index (κ2) is 6.15. The van der Waals surface area contributed by atoms with Crippen molar-refractivity contribution in [2.45, 2.75) is 24.4 Å². The third kappa shape index (κ3) is 2.05. The van der Waals surface area contributed by atoms with Crippen molar-refractivity contribution in [1.29, 1.82) is 0 Å². The van der Waals surface area contributed by atoms with Crippen molar-refractivity contribution in [3.8, 4) is 0 Å². The van der Waals surface area contributed by atoms with E-state index in [-0.39, 0.29) is 23.8 Å². The fraction of sp³-hybridized carbons (Fsp3) is 0.318. The lowest BCUT2D eigenvalue weighted by Crippen LogP contribution is -2.54. The second-order valence-corrected chi connectivity index (χ2v) is 9.60. The van der Waals surface area contributed by atoms with E-state index in [9.17, 15) is 14.4 Å². The van der Waals surface area contributed by atoms with E-state index in [4.69, 9.17) is 11.6 Å². The van der Waals surface area contributed by atoms with Gasteiger partial charge in [-0.2, -0.15) is 0 Å². The van der Waals surface area contributed by atoms with Crippen molar-refractivity contribution in [3.05, 3.63) is 57.5 Å². The first kappa shape index (κ1) is 18.5. The lowest BCUT2D eigenvalue weighted by Gasteiger charge is -2.36. The summed E-state index contributed by atoms with van der Waals surface area (Å²) >= 11 is 9.85. The smallest absolute Gasteiger partial charge is 0.250 e. The first-order chi connectivity index (χ1) is 14.5. The van der Waals surface area contributed by atoms with E-state index in [0.29, 0.717) is 22.9 Å². The molecule has 4 aliphatic rings. The molecule has 6 nitrogen and oxygen atoms in total. The molecule has 4 aliphatic heterocycles. The van der Waals surface area contributed by atoms with Crippen LogP contribution in [0.1, 0.15) is 18.4 Å². The van der Waals surface area contributed by atoms with Crippen LogP contribution in [-0.4, -0.2) is 35.2 Å². The molecule has 1 N–H and O–H groups in total. The first-order valence-electron chi connectivity index (χ1n) is 9.97. The van der Waals surface area contributed by atoms with Crippen molar-refractivity contribution < 1.29 is 14.4 Å². The van der Waals surface area contributed by atoms with Crippen molar-refractivity contribution in [2.75, 3.05) is 16.8 Å². The Morgan fingerprint density at radius 3 is 2.70 bits per heavy atom. The van der Waals surface area contributed by atoms with Gasteiger partial charge in [0, 0.05) is 21.8 Å². The van der Waals surface area contributed by atoms with Crippen LogP contribution >= 0.6 is 27.5 Å². The summed E-state index contributed by atoms with van der Waals surface area (Å²) in [7, 11) is 0. The monoisotopic (exact) mass is 485 g/mol. The van der Waals surface area contributed by atoms with Crippen molar-refractivity contribution in [3.63, 3.8) is 0 Å². The minimum atomic E-state index is -1.17. The van der Waals surface area contributed by atoms with Crippen LogP contribution in [0.2, 0.25) is 5.02 Å². The molecule has 3 saturated heterocycles. The molecule has 2 aromatic carbocycles. The molecule has 4 heterocycles. The molecule has 2 aromatic rings. The number of hydrogen-bond donors (Lipinski definition) is 1. The predicted octanol–water partition coefficient (Wildman–Crippen LogP) is 3.53. The largest absolute Gasteiger partial charge is 0.324 e. The lowest BCUT2D eigenvalue weighted by molar-refractivity contribution is -0.135. The average molecular weight is 487 g/mol. The SMILES string of the molecule is O=C1[C@H]2[C@@H](C(=O)N1c1ccccc1Cl)[C@@]1(C(=O)Nc3ccc(Br)cc31)N1CCC[C@@H]21. The number of carbonyl (C=O) groups excluding carboxylic acids is 3. The van der Waals surface area contributed by atoms with Crippen LogP contribution in [0.25, 0.3) is 0 Å². The van der Waals surface area contributed by atoms with Crippen molar-refractivity contribution in [1.82, 2.24) is 4.90 Å². The number of fused-ring (bicyclic) bond motifs is 7. The molecule has 0 saturated carbocycles. The number of halogens is 2. The molecule has 0 unspecified atom stereocenters. The quantitative estimate of drug-likeness (QED) is 0.626. The highest BCUT2D eigenvalue weighted by molar-refractivity contribution is 9.10. The number of imide groups is 1. The molecule has 152 valence electrons. The zero-order valence-corrected chi connectivity index (χ0v) is 18.1. The molecule has 3 fully saturated rings. The van der Waals surface area contributed by atoms with E-state index in [1.807, 2.05) is 18.2 Å². The number of anilines is 2. The van der Waals surface area contributed by atoms with Gasteiger partial charge in [-0.25, -0.2) is 4.90 Å². The van der Waals surface area contributed by atoms with Gasteiger partial charge in [-0.3, -0.25) is 19.3 Å². The summed E-state index contributed by atoms with van der Waals surface area (Å²) in [5.41, 5.74) is 0.679. The summed E-state index contributed by atoms with van der Waals surface area (Å²) in [5, 5.41) is 3.32. The number of benzene rings is 2. The molecule has 4 atom stereocenters. The van der Waals surface area contributed by atoms with Gasteiger partial charge in [0.1, 0.15) is 5.54 Å². The molecule has 0 bridgehead atoms. The van der Waals surface area contributed by atoms with Crippen molar-refractivity contribution in [2.24, 2.45) is 11.8 Å². The summed E-state index contributed by atoms with van der Waals surface area (Å²) in [4.78, 5) is 44.3. The maximum atomic E-state index is 13.8. The van der Waals surface area contributed by atoms with Gasteiger partial charge in [-0.05, 0) is 49.7 Å². The number of rotatable bonds is 1. The predicted molar refractivity (Wildman–Crippen MR) is 115 cm³/mol. The molecular formula is C22H17BrClN3O3. The highest BCUT2D eigenvalue weighted by Crippen LogP contribution is 2.61. The third-order valence-corrected chi connectivity index (χ3v) is 7.86. The molecule has 0 aromatic heterocycles. The normalized spacial score (nSPS) is 32.0. The van der Waals surface area contributed by atoms with E-state index in [0.717, 1.165) is 22.9 Å². The summed E-state index contributed by atoms with van der Waals surface area (Å²) in [6, 6.07) is 12.3. The van der Waals surface area contributed by atoms with Crippen LogP contribution in [0, 0.1) is 11.8 Å². The highest BCUT2D eigenvalue weighted by Gasteiger charge is 2.74. The topological polar surface area (TPSA) is 69.7 Å². The number of para-hydroxylation sites is 1. The summed E-state index contributed by atoms with van der Waals surface area (Å²) in [6.45, 7) is 0.684. The average Bonchev–Trinajstić information content (AvgIpc) is 3.42. The van der Waals surface area contributed by atoms with Gasteiger partial charge in [0.2, 0.25) is 17.7 Å². The van der Waals surface area contributed by atoms with Gasteiger partial charge in [-0.15, -0.1) is 0 Å².